The SMILES string of the molecule is [CH2][C@@]1(Cc2ccccc2)C=CC=CC1. The predicted octanol–water partition coefficient (Wildman–Crippen LogP) is 3.57. The van der Waals surface area contributed by atoms with Crippen molar-refractivity contribution >= 4 is 0 Å². The fraction of sp³-hybridized carbons (Fsp3) is 0.214. The van der Waals surface area contributed by atoms with Gasteiger partial charge in [0.05, 0.1) is 0 Å². The molecular formula is C14H15. The molecule has 1 aliphatic carbocycles. The van der Waals surface area contributed by atoms with Crippen LogP contribution in [-0.4, -0.2) is 0 Å². The van der Waals surface area contributed by atoms with Crippen LogP contribution in [0.5, 0.6) is 0 Å². The second-order valence-corrected chi connectivity index (χ2v) is 4.02. The summed E-state index contributed by atoms with van der Waals surface area (Å²) < 4.78 is 0. The highest BCUT2D eigenvalue weighted by molar-refractivity contribution is 5.24. The molecule has 0 aromatic heterocycles. The third-order valence-electron chi connectivity index (χ3n) is 2.62. The van der Waals surface area contributed by atoms with Crippen LogP contribution in [-0.2, 0) is 6.42 Å². The Morgan fingerprint density at radius 1 is 1.14 bits per heavy atom. The summed E-state index contributed by atoms with van der Waals surface area (Å²) in [6, 6.07) is 10.6. The molecule has 1 aromatic carbocycles. The number of hydrogen-bond donors (Lipinski definition) is 0. The van der Waals surface area contributed by atoms with Gasteiger partial charge in [-0.1, -0.05) is 54.6 Å². The standard InChI is InChI=1S/C14H15/c1-14(10-6-3-7-11-14)12-13-8-4-2-5-9-13/h2-10H,1,11-12H2/t14-/m1/s1. The van der Waals surface area contributed by atoms with Gasteiger partial charge in [0, 0.05) is 0 Å². The van der Waals surface area contributed by atoms with Crippen LogP contribution in [0.15, 0.2) is 54.6 Å². The van der Waals surface area contributed by atoms with Gasteiger partial charge in [-0.2, -0.15) is 0 Å². The van der Waals surface area contributed by atoms with E-state index in [0.717, 1.165) is 12.8 Å². The molecule has 0 N–H and O–H groups in total. The van der Waals surface area contributed by atoms with Gasteiger partial charge in [-0.05, 0) is 30.7 Å². The van der Waals surface area contributed by atoms with E-state index in [9.17, 15) is 0 Å². The maximum atomic E-state index is 4.29. The molecule has 14 heavy (non-hydrogen) atoms. The molecule has 1 aliphatic rings. The summed E-state index contributed by atoms with van der Waals surface area (Å²) in [6.07, 6.45) is 10.6. The minimum atomic E-state index is 0.0656. The molecule has 0 amide bonds. The van der Waals surface area contributed by atoms with Crippen molar-refractivity contribution in [1.29, 1.82) is 0 Å². The first-order valence-electron chi connectivity index (χ1n) is 5.02. The van der Waals surface area contributed by atoms with Gasteiger partial charge in [0.25, 0.3) is 0 Å². The second kappa shape index (κ2) is 3.83. The van der Waals surface area contributed by atoms with E-state index in [1.54, 1.807) is 0 Å². The van der Waals surface area contributed by atoms with Gasteiger partial charge in [0.1, 0.15) is 0 Å². The molecule has 1 radical (unpaired) electrons. The van der Waals surface area contributed by atoms with E-state index in [4.69, 9.17) is 0 Å². The Morgan fingerprint density at radius 2 is 1.93 bits per heavy atom. The average molecular weight is 183 g/mol. The van der Waals surface area contributed by atoms with Gasteiger partial charge in [0.15, 0.2) is 0 Å². The van der Waals surface area contributed by atoms with Crippen molar-refractivity contribution in [2.45, 2.75) is 12.8 Å². The van der Waals surface area contributed by atoms with Crippen molar-refractivity contribution in [3.05, 3.63) is 67.1 Å². The first-order valence-corrected chi connectivity index (χ1v) is 5.02. The Bertz CT molecular complexity index is 346. The number of allylic oxidation sites excluding steroid dienone is 4. The molecule has 0 saturated carbocycles. The third-order valence-corrected chi connectivity index (χ3v) is 2.62. The zero-order valence-electron chi connectivity index (χ0n) is 8.32. The van der Waals surface area contributed by atoms with Crippen molar-refractivity contribution < 1.29 is 0 Å². The van der Waals surface area contributed by atoms with E-state index in [1.165, 1.54) is 5.56 Å². The molecule has 1 atom stereocenters. The van der Waals surface area contributed by atoms with E-state index < -0.39 is 0 Å². The maximum Gasteiger partial charge on any atom is -0.00399 e. The Hall–Kier alpha value is -1.30. The summed E-state index contributed by atoms with van der Waals surface area (Å²) in [5, 5.41) is 0. The molecule has 0 spiro atoms. The zero-order valence-corrected chi connectivity index (χ0v) is 8.32. The molecule has 0 heterocycles. The minimum Gasteiger partial charge on any atom is -0.0837 e. The summed E-state index contributed by atoms with van der Waals surface area (Å²) >= 11 is 0. The van der Waals surface area contributed by atoms with E-state index in [-0.39, 0.29) is 5.41 Å². The van der Waals surface area contributed by atoms with Gasteiger partial charge in [-0.25, -0.2) is 0 Å². The largest absolute Gasteiger partial charge is 0.0837 e. The number of benzene rings is 1. The number of hydrogen-bond acceptors (Lipinski definition) is 0. The quantitative estimate of drug-likeness (QED) is 0.657. The molecule has 0 saturated heterocycles. The van der Waals surface area contributed by atoms with Gasteiger partial charge in [-0.15, -0.1) is 0 Å². The summed E-state index contributed by atoms with van der Waals surface area (Å²) in [5.41, 5.74) is 1.43. The van der Waals surface area contributed by atoms with E-state index in [1.807, 2.05) is 0 Å². The van der Waals surface area contributed by atoms with Crippen LogP contribution in [0.25, 0.3) is 0 Å². The van der Waals surface area contributed by atoms with Crippen molar-refractivity contribution in [1.82, 2.24) is 0 Å². The van der Waals surface area contributed by atoms with Crippen molar-refractivity contribution in [3.8, 4) is 0 Å². The summed E-state index contributed by atoms with van der Waals surface area (Å²) in [4.78, 5) is 0. The van der Waals surface area contributed by atoms with E-state index in [2.05, 4.69) is 61.6 Å². The molecule has 2 rings (SSSR count). The van der Waals surface area contributed by atoms with Crippen LogP contribution in [0.3, 0.4) is 0 Å². The Labute approximate surface area is 86.0 Å². The Kier molecular flexibility index (Phi) is 2.53. The fourth-order valence-corrected chi connectivity index (χ4v) is 1.84. The van der Waals surface area contributed by atoms with Crippen LogP contribution in [0.4, 0.5) is 0 Å². The summed E-state index contributed by atoms with van der Waals surface area (Å²) in [5.74, 6) is 0. The van der Waals surface area contributed by atoms with Gasteiger partial charge in [-0.3, -0.25) is 0 Å². The molecule has 0 bridgehead atoms. The van der Waals surface area contributed by atoms with Crippen LogP contribution in [0.2, 0.25) is 0 Å². The van der Waals surface area contributed by atoms with Crippen molar-refractivity contribution in [2.75, 3.05) is 0 Å². The van der Waals surface area contributed by atoms with Crippen molar-refractivity contribution in [3.63, 3.8) is 0 Å². The van der Waals surface area contributed by atoms with Crippen LogP contribution in [0.1, 0.15) is 12.0 Å². The summed E-state index contributed by atoms with van der Waals surface area (Å²) in [7, 11) is 0. The molecule has 0 unspecified atom stereocenters. The highest BCUT2D eigenvalue weighted by atomic mass is 14.2. The lowest BCUT2D eigenvalue weighted by Gasteiger charge is -2.26. The normalized spacial score (nSPS) is 25.2. The van der Waals surface area contributed by atoms with Crippen molar-refractivity contribution in [2.24, 2.45) is 5.41 Å². The molecule has 71 valence electrons. The van der Waals surface area contributed by atoms with Gasteiger partial charge in [0.2, 0.25) is 0 Å². The molecular weight excluding hydrogens is 168 g/mol. The van der Waals surface area contributed by atoms with Crippen LogP contribution < -0.4 is 0 Å². The van der Waals surface area contributed by atoms with Gasteiger partial charge >= 0.3 is 0 Å². The first kappa shape index (κ1) is 9.26. The molecule has 0 heteroatoms. The van der Waals surface area contributed by atoms with Crippen LogP contribution in [0, 0.1) is 12.3 Å². The number of rotatable bonds is 2. The smallest absolute Gasteiger partial charge is 0.00399 e. The minimum absolute atomic E-state index is 0.0656. The first-order chi connectivity index (χ1) is 6.79. The van der Waals surface area contributed by atoms with Gasteiger partial charge < -0.3 is 0 Å². The maximum absolute atomic E-state index is 4.29. The average Bonchev–Trinajstić information content (AvgIpc) is 2.19. The summed E-state index contributed by atoms with van der Waals surface area (Å²) in [6.45, 7) is 4.29. The van der Waals surface area contributed by atoms with E-state index >= 15 is 0 Å². The molecule has 0 fully saturated rings. The monoisotopic (exact) mass is 183 g/mol. The second-order valence-electron chi connectivity index (χ2n) is 4.02. The fourth-order valence-electron chi connectivity index (χ4n) is 1.84. The zero-order chi connectivity index (χ0) is 9.86. The van der Waals surface area contributed by atoms with E-state index in [0.29, 0.717) is 0 Å². The highest BCUT2D eigenvalue weighted by Gasteiger charge is 2.20. The molecule has 0 aliphatic heterocycles. The Morgan fingerprint density at radius 3 is 2.57 bits per heavy atom. The highest BCUT2D eigenvalue weighted by Crippen LogP contribution is 2.30. The molecule has 1 aromatic rings. The lowest BCUT2D eigenvalue weighted by atomic mass is 9.78. The lowest BCUT2D eigenvalue weighted by Crippen LogP contribution is -2.17. The Balaban J connectivity index is 2.11. The lowest BCUT2D eigenvalue weighted by molar-refractivity contribution is 0.487. The predicted molar refractivity (Wildman–Crippen MR) is 60.8 cm³/mol. The van der Waals surface area contributed by atoms with Crippen LogP contribution >= 0.6 is 0 Å². The third kappa shape index (κ3) is 2.14. The molecule has 0 nitrogen and oxygen atoms in total. The topological polar surface area (TPSA) is 0 Å².